The normalized spacial score (nSPS) is 29.9. The average molecular weight is 392 g/mol. The number of nitrogens with zero attached hydrogens (tertiary/aromatic N) is 3. The predicted molar refractivity (Wildman–Crippen MR) is 114 cm³/mol. The fourth-order valence-corrected chi connectivity index (χ4v) is 5.74. The van der Waals surface area contributed by atoms with Gasteiger partial charge in [-0.15, -0.1) is 0 Å². The molecule has 0 saturated carbocycles. The van der Waals surface area contributed by atoms with E-state index in [1.54, 1.807) is 9.36 Å². The van der Waals surface area contributed by atoms with Gasteiger partial charge in [0.05, 0.1) is 17.3 Å². The first-order chi connectivity index (χ1) is 13.5. The van der Waals surface area contributed by atoms with Gasteiger partial charge in [0.15, 0.2) is 0 Å². The summed E-state index contributed by atoms with van der Waals surface area (Å²) in [5.74, 6) is 0.472. The van der Waals surface area contributed by atoms with Gasteiger partial charge in [-0.3, -0.25) is 0 Å². The number of benzene rings is 1. The summed E-state index contributed by atoms with van der Waals surface area (Å²) < 4.78 is 4.90. The standard InChI is InChI=1S/C24H29N3O2/c1-22(2,3)18-14-24(23(4,5)6)17-13-12-16(17)19(18)26-20(28)25(21(29)27(24)26)15-10-8-7-9-11-15/h7-14,16-17,19H,1-6H3/t16-,17-,19-,24-/m0/s1. The second-order valence-electron chi connectivity index (χ2n) is 10.8. The van der Waals surface area contributed by atoms with Crippen molar-refractivity contribution in [2.45, 2.75) is 53.1 Å². The van der Waals surface area contributed by atoms with Gasteiger partial charge < -0.3 is 0 Å². The van der Waals surface area contributed by atoms with Crippen LogP contribution in [-0.4, -0.2) is 13.9 Å². The van der Waals surface area contributed by atoms with Gasteiger partial charge in [-0.2, -0.15) is 0 Å². The topological polar surface area (TPSA) is 48.9 Å². The van der Waals surface area contributed by atoms with Crippen molar-refractivity contribution in [3.8, 4) is 5.69 Å². The fraction of sp³-hybridized carbons (Fsp3) is 0.500. The monoisotopic (exact) mass is 391 g/mol. The molecule has 0 spiro atoms. The van der Waals surface area contributed by atoms with Crippen molar-refractivity contribution in [2.24, 2.45) is 22.7 Å². The first kappa shape index (κ1) is 18.5. The number of aromatic nitrogens is 3. The van der Waals surface area contributed by atoms with Crippen LogP contribution in [0.2, 0.25) is 0 Å². The van der Waals surface area contributed by atoms with E-state index < -0.39 is 5.54 Å². The predicted octanol–water partition coefficient (Wildman–Crippen LogP) is 3.89. The molecular formula is C24H29N3O2. The van der Waals surface area contributed by atoms with Gasteiger partial charge in [0, 0.05) is 11.8 Å². The zero-order chi connectivity index (χ0) is 20.9. The smallest absolute Gasteiger partial charge is 0.245 e. The minimum atomic E-state index is -0.569. The zero-order valence-electron chi connectivity index (χ0n) is 18.0. The third-order valence-corrected chi connectivity index (χ3v) is 7.19. The Hall–Kier alpha value is -2.56. The third-order valence-electron chi connectivity index (χ3n) is 7.19. The van der Waals surface area contributed by atoms with Gasteiger partial charge in [0.2, 0.25) is 0 Å². The van der Waals surface area contributed by atoms with Gasteiger partial charge in [0.1, 0.15) is 0 Å². The molecule has 0 radical (unpaired) electrons. The van der Waals surface area contributed by atoms with Crippen LogP contribution in [-0.2, 0) is 5.54 Å². The lowest BCUT2D eigenvalue weighted by atomic mass is 9.50. The maximum Gasteiger partial charge on any atom is 0.352 e. The number of hydrogen-bond donors (Lipinski definition) is 0. The SMILES string of the molecule is CC(C)(C)C1=C[C@@]2(C(C)(C)C)[C@H]3C=C[C@@H]3[C@@H]1n1c(=O)n(-c3ccccc3)c(=O)n12. The summed E-state index contributed by atoms with van der Waals surface area (Å²) in [4.78, 5) is 27.5. The third kappa shape index (κ3) is 2.06. The van der Waals surface area contributed by atoms with Crippen LogP contribution in [0.5, 0.6) is 0 Å². The van der Waals surface area contributed by atoms with Crippen LogP contribution >= 0.6 is 0 Å². The van der Waals surface area contributed by atoms with Crippen LogP contribution in [0.4, 0.5) is 0 Å². The van der Waals surface area contributed by atoms with Crippen molar-refractivity contribution in [1.29, 1.82) is 0 Å². The van der Waals surface area contributed by atoms with Crippen molar-refractivity contribution in [2.75, 3.05) is 0 Å². The van der Waals surface area contributed by atoms with E-state index in [9.17, 15) is 9.59 Å². The van der Waals surface area contributed by atoms with E-state index >= 15 is 0 Å². The minimum absolute atomic E-state index is 0.0921. The van der Waals surface area contributed by atoms with Crippen LogP contribution in [0.15, 0.2) is 63.7 Å². The Morgan fingerprint density at radius 1 is 0.897 bits per heavy atom. The Bertz CT molecular complexity index is 1180. The lowest BCUT2D eigenvalue weighted by molar-refractivity contribution is -0.0372. The van der Waals surface area contributed by atoms with Crippen LogP contribution in [0.25, 0.3) is 5.69 Å². The zero-order valence-corrected chi connectivity index (χ0v) is 18.0. The number of allylic oxidation sites excluding steroid dienone is 4. The highest BCUT2D eigenvalue weighted by molar-refractivity contribution is 5.42. The lowest BCUT2D eigenvalue weighted by Crippen LogP contribution is -2.67. The van der Waals surface area contributed by atoms with Gasteiger partial charge in [0.25, 0.3) is 0 Å². The summed E-state index contributed by atoms with van der Waals surface area (Å²) in [7, 11) is 0. The van der Waals surface area contributed by atoms with Crippen LogP contribution in [0, 0.1) is 22.7 Å². The fourth-order valence-electron chi connectivity index (χ4n) is 5.74. The first-order valence-corrected chi connectivity index (χ1v) is 10.4. The van der Waals surface area contributed by atoms with Crippen LogP contribution < -0.4 is 11.4 Å². The summed E-state index contributed by atoms with van der Waals surface area (Å²) >= 11 is 0. The van der Waals surface area contributed by atoms with Crippen LogP contribution in [0.1, 0.15) is 47.6 Å². The van der Waals surface area contributed by atoms with Crippen molar-refractivity contribution in [3.05, 3.63) is 75.1 Å². The van der Waals surface area contributed by atoms with Gasteiger partial charge in [-0.1, -0.05) is 78.0 Å². The number of hydrogen-bond acceptors (Lipinski definition) is 2. The quantitative estimate of drug-likeness (QED) is 0.693. The number of para-hydroxylation sites is 1. The highest BCUT2D eigenvalue weighted by Gasteiger charge is 2.64. The summed E-state index contributed by atoms with van der Waals surface area (Å²) in [6, 6.07) is 9.16. The van der Waals surface area contributed by atoms with E-state index in [4.69, 9.17) is 0 Å². The molecule has 152 valence electrons. The van der Waals surface area contributed by atoms with Crippen LogP contribution in [0.3, 0.4) is 0 Å². The van der Waals surface area contributed by atoms with Gasteiger partial charge >= 0.3 is 11.4 Å². The highest BCUT2D eigenvalue weighted by Crippen LogP contribution is 2.63. The van der Waals surface area contributed by atoms with Gasteiger partial charge in [-0.05, 0) is 28.5 Å². The summed E-state index contributed by atoms with van der Waals surface area (Å²) in [6.07, 6.45) is 6.80. The number of rotatable bonds is 1. The van der Waals surface area contributed by atoms with E-state index in [2.05, 4.69) is 59.8 Å². The molecule has 0 amide bonds. The molecule has 5 nitrogen and oxygen atoms in total. The van der Waals surface area contributed by atoms with E-state index in [0.29, 0.717) is 5.69 Å². The van der Waals surface area contributed by atoms with Crippen molar-refractivity contribution >= 4 is 0 Å². The lowest BCUT2D eigenvalue weighted by Gasteiger charge is -2.63. The molecule has 1 aromatic heterocycles. The molecule has 0 unspecified atom stereocenters. The molecule has 0 N–H and O–H groups in total. The van der Waals surface area contributed by atoms with E-state index in [1.807, 2.05) is 30.3 Å². The first-order valence-electron chi connectivity index (χ1n) is 10.4. The molecule has 6 rings (SSSR count). The Kier molecular flexibility index (Phi) is 3.39. The second kappa shape index (κ2) is 5.32. The summed E-state index contributed by atoms with van der Waals surface area (Å²) in [5, 5.41) is 0. The van der Waals surface area contributed by atoms with Crippen molar-refractivity contribution in [1.82, 2.24) is 13.9 Å². The van der Waals surface area contributed by atoms with Crippen molar-refractivity contribution < 1.29 is 0 Å². The Labute approximate surface area is 171 Å². The van der Waals surface area contributed by atoms with E-state index in [1.165, 1.54) is 10.1 Å². The molecule has 5 heteroatoms. The van der Waals surface area contributed by atoms with Gasteiger partial charge in [-0.25, -0.2) is 23.5 Å². The average Bonchev–Trinajstić information content (AvgIpc) is 2.86. The minimum Gasteiger partial charge on any atom is -0.245 e. The van der Waals surface area contributed by atoms with E-state index in [0.717, 1.165) is 0 Å². The largest absolute Gasteiger partial charge is 0.352 e. The second-order valence-corrected chi connectivity index (χ2v) is 10.8. The molecule has 1 aromatic carbocycles. The molecule has 4 aliphatic rings. The molecule has 2 aliphatic carbocycles. The maximum atomic E-state index is 13.8. The molecule has 29 heavy (non-hydrogen) atoms. The molecule has 2 bridgehead atoms. The molecule has 0 fully saturated rings. The van der Waals surface area contributed by atoms with Crippen molar-refractivity contribution in [3.63, 3.8) is 0 Å². The molecular weight excluding hydrogens is 362 g/mol. The maximum absolute atomic E-state index is 13.8. The molecule has 4 atom stereocenters. The highest BCUT2D eigenvalue weighted by atomic mass is 16.2. The molecule has 3 heterocycles. The molecule has 2 aliphatic heterocycles. The summed E-state index contributed by atoms with van der Waals surface area (Å²) in [5.41, 5.74) is 0.482. The Morgan fingerprint density at radius 2 is 1.55 bits per heavy atom. The van der Waals surface area contributed by atoms with E-state index in [-0.39, 0.29) is 40.1 Å². The molecule has 0 saturated heterocycles. The molecule has 2 aromatic rings. The summed E-state index contributed by atoms with van der Waals surface area (Å²) in [6.45, 7) is 13.2. The Morgan fingerprint density at radius 3 is 2.07 bits per heavy atom. The Balaban J connectivity index is 1.92.